The van der Waals surface area contributed by atoms with E-state index in [0.717, 1.165) is 25.7 Å². The van der Waals surface area contributed by atoms with Crippen LogP contribution >= 0.6 is 0 Å². The van der Waals surface area contributed by atoms with Gasteiger partial charge in [0.05, 0.1) is 24.7 Å². The summed E-state index contributed by atoms with van der Waals surface area (Å²) in [6.07, 6.45) is 8.60. The molecule has 2 saturated carbocycles. The van der Waals surface area contributed by atoms with Crippen molar-refractivity contribution in [3.63, 3.8) is 0 Å². The van der Waals surface area contributed by atoms with Crippen LogP contribution in [0.5, 0.6) is 0 Å². The number of rotatable bonds is 2. The maximum Gasteiger partial charge on any atom is 0.317 e. The third-order valence-corrected chi connectivity index (χ3v) is 5.70. The lowest BCUT2D eigenvalue weighted by Gasteiger charge is -2.45. The number of nitrogens with zero attached hydrogens (tertiary/aromatic N) is 1. The van der Waals surface area contributed by atoms with Crippen LogP contribution in [-0.4, -0.2) is 53.3 Å². The highest BCUT2D eigenvalue weighted by molar-refractivity contribution is 5.75. The zero-order chi connectivity index (χ0) is 16.3. The summed E-state index contributed by atoms with van der Waals surface area (Å²) in [6, 6.07) is 0.111. The number of carbonyl (C=O) groups is 2. The lowest BCUT2D eigenvalue weighted by atomic mass is 9.83. The third kappa shape index (κ3) is 3.97. The van der Waals surface area contributed by atoms with E-state index in [1.165, 1.54) is 19.3 Å². The third-order valence-electron chi connectivity index (χ3n) is 5.70. The van der Waals surface area contributed by atoms with Crippen LogP contribution in [0.3, 0.4) is 0 Å². The van der Waals surface area contributed by atoms with Crippen LogP contribution in [0.4, 0.5) is 4.79 Å². The number of carboxylic acids is 1. The monoisotopic (exact) mass is 324 g/mol. The maximum atomic E-state index is 12.6. The first kappa shape index (κ1) is 16.6. The molecule has 130 valence electrons. The Kier molecular flexibility index (Phi) is 5.09. The lowest BCUT2D eigenvalue weighted by molar-refractivity contribution is -0.142. The molecule has 0 aromatic carbocycles. The fraction of sp³-hybridized carbons (Fsp3) is 0.882. The second-order valence-corrected chi connectivity index (χ2v) is 7.35. The molecule has 0 aromatic heterocycles. The predicted molar refractivity (Wildman–Crippen MR) is 85.3 cm³/mol. The van der Waals surface area contributed by atoms with E-state index in [0.29, 0.717) is 32.5 Å². The fourth-order valence-electron chi connectivity index (χ4n) is 4.27. The Labute approximate surface area is 137 Å². The van der Waals surface area contributed by atoms with Gasteiger partial charge >= 0.3 is 12.0 Å². The summed E-state index contributed by atoms with van der Waals surface area (Å²) < 4.78 is 6.03. The van der Waals surface area contributed by atoms with E-state index in [4.69, 9.17) is 9.84 Å². The van der Waals surface area contributed by atoms with Crippen LogP contribution in [0.1, 0.15) is 57.8 Å². The number of morpholine rings is 1. The molecule has 6 nitrogen and oxygen atoms in total. The van der Waals surface area contributed by atoms with E-state index in [1.807, 2.05) is 4.90 Å². The number of aliphatic carboxylic acids is 1. The normalized spacial score (nSPS) is 30.9. The van der Waals surface area contributed by atoms with E-state index in [9.17, 15) is 9.59 Å². The van der Waals surface area contributed by atoms with Gasteiger partial charge in [0.15, 0.2) is 0 Å². The molecule has 6 heteroatoms. The molecule has 2 aliphatic carbocycles. The van der Waals surface area contributed by atoms with Crippen LogP contribution in [0.15, 0.2) is 0 Å². The number of hydrogen-bond donors (Lipinski definition) is 2. The Morgan fingerprint density at radius 1 is 1.09 bits per heavy atom. The molecule has 0 bridgehead atoms. The molecule has 3 rings (SSSR count). The first-order chi connectivity index (χ1) is 11.1. The Balaban J connectivity index is 1.49. The summed E-state index contributed by atoms with van der Waals surface area (Å²) in [5.74, 6) is -0.945. The summed E-state index contributed by atoms with van der Waals surface area (Å²) in [4.78, 5) is 25.4. The van der Waals surface area contributed by atoms with Gasteiger partial charge in [0.1, 0.15) is 0 Å². The molecule has 2 amide bonds. The molecule has 0 aromatic rings. The Morgan fingerprint density at radius 3 is 2.43 bits per heavy atom. The highest BCUT2D eigenvalue weighted by Crippen LogP contribution is 2.34. The summed E-state index contributed by atoms with van der Waals surface area (Å²) in [5, 5.41) is 12.2. The first-order valence-electron chi connectivity index (χ1n) is 9.00. The summed E-state index contributed by atoms with van der Waals surface area (Å²) in [7, 11) is 0. The summed E-state index contributed by atoms with van der Waals surface area (Å²) in [6.45, 7) is 1.97. The smallest absolute Gasteiger partial charge is 0.317 e. The van der Waals surface area contributed by atoms with Gasteiger partial charge in [-0.05, 0) is 38.5 Å². The van der Waals surface area contributed by atoms with Gasteiger partial charge < -0.3 is 20.1 Å². The number of amides is 2. The number of urea groups is 1. The average molecular weight is 324 g/mol. The van der Waals surface area contributed by atoms with Crippen molar-refractivity contribution < 1.29 is 19.4 Å². The molecule has 0 unspecified atom stereocenters. The van der Waals surface area contributed by atoms with Gasteiger partial charge in [0, 0.05) is 12.6 Å². The molecule has 1 heterocycles. The van der Waals surface area contributed by atoms with Gasteiger partial charge in [-0.15, -0.1) is 0 Å². The zero-order valence-electron chi connectivity index (χ0n) is 13.8. The van der Waals surface area contributed by atoms with Crippen molar-refractivity contribution >= 4 is 12.0 Å². The minimum Gasteiger partial charge on any atom is -0.481 e. The van der Waals surface area contributed by atoms with Gasteiger partial charge in [-0.2, -0.15) is 0 Å². The summed E-state index contributed by atoms with van der Waals surface area (Å²) in [5.41, 5.74) is -0.116. The number of carboxylic acid groups (broad SMARTS) is 1. The second-order valence-electron chi connectivity index (χ2n) is 7.35. The van der Waals surface area contributed by atoms with E-state index in [2.05, 4.69) is 5.32 Å². The SMILES string of the molecule is O=C(O)C1CCC(NC(=O)N2CCOC3(CCCCC3)C2)CC1. The molecule has 0 radical (unpaired) electrons. The van der Waals surface area contributed by atoms with Crippen molar-refractivity contribution in [1.82, 2.24) is 10.2 Å². The van der Waals surface area contributed by atoms with Crippen molar-refractivity contribution in [2.75, 3.05) is 19.7 Å². The standard InChI is InChI=1S/C17H28N2O4/c20-15(21)13-4-6-14(7-5-13)18-16(22)19-10-11-23-17(12-19)8-2-1-3-9-17/h13-14H,1-12H2,(H,18,22)(H,20,21). The molecule has 23 heavy (non-hydrogen) atoms. The zero-order valence-corrected chi connectivity index (χ0v) is 13.8. The van der Waals surface area contributed by atoms with Crippen LogP contribution in [0, 0.1) is 5.92 Å². The van der Waals surface area contributed by atoms with Crippen molar-refractivity contribution in [2.24, 2.45) is 5.92 Å². The number of carbonyl (C=O) groups excluding carboxylic acids is 1. The molecular formula is C17H28N2O4. The molecule has 3 aliphatic rings. The first-order valence-corrected chi connectivity index (χ1v) is 9.00. The second kappa shape index (κ2) is 7.07. The van der Waals surface area contributed by atoms with Gasteiger partial charge in [-0.25, -0.2) is 4.79 Å². The van der Waals surface area contributed by atoms with Crippen molar-refractivity contribution in [3.05, 3.63) is 0 Å². The molecule has 3 fully saturated rings. The van der Waals surface area contributed by atoms with Gasteiger partial charge in [-0.1, -0.05) is 19.3 Å². The van der Waals surface area contributed by atoms with E-state index in [-0.39, 0.29) is 23.6 Å². The highest BCUT2D eigenvalue weighted by Gasteiger charge is 2.39. The molecule has 2 N–H and O–H groups in total. The van der Waals surface area contributed by atoms with E-state index >= 15 is 0 Å². The fourth-order valence-corrected chi connectivity index (χ4v) is 4.27. The van der Waals surface area contributed by atoms with E-state index in [1.54, 1.807) is 0 Å². The number of ether oxygens (including phenoxy) is 1. The minimum absolute atomic E-state index is 0.00276. The lowest BCUT2D eigenvalue weighted by Crippen LogP contribution is -2.57. The van der Waals surface area contributed by atoms with Gasteiger partial charge in [0.2, 0.25) is 0 Å². The van der Waals surface area contributed by atoms with Crippen molar-refractivity contribution in [2.45, 2.75) is 69.4 Å². The Bertz CT molecular complexity index is 434. The van der Waals surface area contributed by atoms with Gasteiger partial charge in [0.25, 0.3) is 0 Å². The minimum atomic E-state index is -0.706. The number of nitrogens with one attached hydrogen (secondary N) is 1. The maximum absolute atomic E-state index is 12.6. The predicted octanol–water partition coefficient (Wildman–Crippen LogP) is 2.37. The Morgan fingerprint density at radius 2 is 1.78 bits per heavy atom. The number of hydrogen-bond acceptors (Lipinski definition) is 3. The topological polar surface area (TPSA) is 78.9 Å². The van der Waals surface area contributed by atoms with Crippen LogP contribution < -0.4 is 5.32 Å². The van der Waals surface area contributed by atoms with Crippen molar-refractivity contribution in [1.29, 1.82) is 0 Å². The van der Waals surface area contributed by atoms with Crippen LogP contribution in [0.25, 0.3) is 0 Å². The molecule has 1 aliphatic heterocycles. The van der Waals surface area contributed by atoms with E-state index < -0.39 is 5.97 Å². The average Bonchev–Trinajstić information content (AvgIpc) is 2.56. The quantitative estimate of drug-likeness (QED) is 0.817. The molecule has 1 spiro atoms. The highest BCUT2D eigenvalue weighted by atomic mass is 16.5. The Hall–Kier alpha value is -1.30. The molecular weight excluding hydrogens is 296 g/mol. The van der Waals surface area contributed by atoms with Crippen molar-refractivity contribution in [3.8, 4) is 0 Å². The summed E-state index contributed by atoms with van der Waals surface area (Å²) >= 11 is 0. The molecule has 0 atom stereocenters. The van der Waals surface area contributed by atoms with Crippen LogP contribution in [-0.2, 0) is 9.53 Å². The van der Waals surface area contributed by atoms with Crippen LogP contribution in [0.2, 0.25) is 0 Å². The largest absolute Gasteiger partial charge is 0.481 e. The molecule has 1 saturated heterocycles. The van der Waals surface area contributed by atoms with Gasteiger partial charge in [-0.3, -0.25) is 4.79 Å².